The van der Waals surface area contributed by atoms with Crippen molar-refractivity contribution in [1.29, 1.82) is 0 Å². The lowest BCUT2D eigenvalue weighted by molar-refractivity contribution is -0.384. The van der Waals surface area contributed by atoms with Gasteiger partial charge in [-0.2, -0.15) is 0 Å². The number of hydrogen-bond donors (Lipinski definition) is 0. The van der Waals surface area contributed by atoms with Crippen LogP contribution in [0.5, 0.6) is 0 Å². The molecule has 0 fully saturated rings. The molecule has 3 rings (SSSR count). The van der Waals surface area contributed by atoms with E-state index >= 15 is 0 Å². The van der Waals surface area contributed by atoms with Crippen LogP contribution in [0.25, 0.3) is 22.9 Å². The van der Waals surface area contributed by atoms with Crippen LogP contribution in [-0.4, -0.2) is 15.1 Å². The second kappa shape index (κ2) is 6.86. The lowest BCUT2D eigenvalue weighted by Crippen LogP contribution is -2.16. The molecule has 0 N–H and O–H groups in total. The van der Waals surface area contributed by atoms with Crippen LogP contribution in [0.15, 0.2) is 46.9 Å². The van der Waals surface area contributed by atoms with Crippen LogP contribution in [0, 0.1) is 10.1 Å². The number of benzene rings is 2. The fourth-order valence-electron chi connectivity index (χ4n) is 2.80. The molecule has 0 atom stereocenters. The average molecular weight is 379 g/mol. The fraction of sp³-hybridized carbons (Fsp3) is 0.364. The Balaban J connectivity index is 2.03. The monoisotopic (exact) mass is 379 g/mol. The minimum Gasteiger partial charge on any atom is -0.416 e. The standard InChI is InChI=1S/C22H25N3O3/c1-21(2,3)16-11-15(12-17(13-16)22(4,5)6)20-24-23-19(28-20)14-7-9-18(10-8-14)25(26)27/h7-13H,1-6H3. The Labute approximate surface area is 164 Å². The lowest BCUT2D eigenvalue weighted by Gasteiger charge is -2.25. The van der Waals surface area contributed by atoms with E-state index in [2.05, 4.69) is 69.9 Å². The zero-order chi connectivity index (χ0) is 20.7. The fourth-order valence-corrected chi connectivity index (χ4v) is 2.80. The van der Waals surface area contributed by atoms with Crippen LogP contribution in [0.2, 0.25) is 0 Å². The molecule has 1 heterocycles. The normalized spacial score (nSPS) is 12.2. The van der Waals surface area contributed by atoms with Gasteiger partial charge in [-0.3, -0.25) is 10.1 Å². The van der Waals surface area contributed by atoms with Crippen molar-refractivity contribution < 1.29 is 9.34 Å². The first kappa shape index (κ1) is 19.7. The van der Waals surface area contributed by atoms with Gasteiger partial charge in [0.15, 0.2) is 0 Å². The maximum absolute atomic E-state index is 10.8. The minimum absolute atomic E-state index is 0.0166. The van der Waals surface area contributed by atoms with Crippen LogP contribution in [-0.2, 0) is 10.8 Å². The van der Waals surface area contributed by atoms with Crippen molar-refractivity contribution >= 4 is 5.69 Å². The molecular formula is C22H25N3O3. The summed E-state index contributed by atoms with van der Waals surface area (Å²) in [6.07, 6.45) is 0. The van der Waals surface area contributed by atoms with Crippen LogP contribution in [0.3, 0.4) is 0 Å². The Morgan fingerprint density at radius 1 is 0.786 bits per heavy atom. The minimum atomic E-state index is -0.435. The van der Waals surface area contributed by atoms with E-state index in [1.54, 1.807) is 12.1 Å². The highest BCUT2D eigenvalue weighted by Gasteiger charge is 2.22. The molecule has 0 saturated carbocycles. The summed E-state index contributed by atoms with van der Waals surface area (Å²) in [5.41, 5.74) is 3.91. The van der Waals surface area contributed by atoms with Crippen molar-refractivity contribution in [2.75, 3.05) is 0 Å². The molecule has 0 radical (unpaired) electrons. The van der Waals surface area contributed by atoms with E-state index in [9.17, 15) is 10.1 Å². The quantitative estimate of drug-likeness (QED) is 0.417. The van der Waals surface area contributed by atoms with Gasteiger partial charge in [0.2, 0.25) is 11.8 Å². The third-order valence-electron chi connectivity index (χ3n) is 4.66. The molecule has 0 saturated heterocycles. The number of aromatic nitrogens is 2. The van der Waals surface area contributed by atoms with Gasteiger partial charge < -0.3 is 4.42 Å². The third-order valence-corrected chi connectivity index (χ3v) is 4.66. The molecule has 0 aliphatic rings. The van der Waals surface area contributed by atoms with Crippen LogP contribution >= 0.6 is 0 Å². The number of nitro benzene ring substituents is 1. The molecule has 6 heteroatoms. The molecule has 0 bridgehead atoms. The zero-order valence-corrected chi connectivity index (χ0v) is 17.1. The van der Waals surface area contributed by atoms with Crippen molar-refractivity contribution in [2.45, 2.75) is 52.4 Å². The molecule has 0 aliphatic heterocycles. The second-order valence-electron chi connectivity index (χ2n) is 9.02. The summed E-state index contributed by atoms with van der Waals surface area (Å²) in [4.78, 5) is 10.4. The molecule has 2 aromatic carbocycles. The molecule has 0 amide bonds. The Bertz CT molecular complexity index is 974. The predicted molar refractivity (Wildman–Crippen MR) is 109 cm³/mol. The van der Waals surface area contributed by atoms with E-state index in [-0.39, 0.29) is 16.5 Å². The average Bonchev–Trinajstić information content (AvgIpc) is 3.10. The first-order valence-corrected chi connectivity index (χ1v) is 9.20. The second-order valence-corrected chi connectivity index (χ2v) is 9.02. The Kier molecular flexibility index (Phi) is 4.83. The van der Waals surface area contributed by atoms with E-state index < -0.39 is 4.92 Å². The Hall–Kier alpha value is -3.02. The summed E-state index contributed by atoms with van der Waals surface area (Å²) < 4.78 is 5.90. The summed E-state index contributed by atoms with van der Waals surface area (Å²) in [6, 6.07) is 12.5. The molecule has 0 unspecified atom stereocenters. The largest absolute Gasteiger partial charge is 0.416 e. The number of nitro groups is 1. The van der Waals surface area contributed by atoms with Crippen molar-refractivity contribution in [3.8, 4) is 22.9 Å². The van der Waals surface area contributed by atoms with Crippen LogP contribution in [0.1, 0.15) is 52.7 Å². The zero-order valence-electron chi connectivity index (χ0n) is 17.1. The molecule has 0 spiro atoms. The van der Waals surface area contributed by atoms with Crippen molar-refractivity contribution in [3.63, 3.8) is 0 Å². The molecule has 6 nitrogen and oxygen atoms in total. The Morgan fingerprint density at radius 2 is 1.25 bits per heavy atom. The smallest absolute Gasteiger partial charge is 0.269 e. The molecule has 1 aromatic heterocycles. The summed E-state index contributed by atoms with van der Waals surface area (Å²) in [7, 11) is 0. The number of nitrogens with zero attached hydrogens (tertiary/aromatic N) is 3. The molecule has 3 aromatic rings. The van der Waals surface area contributed by atoms with Crippen LogP contribution in [0.4, 0.5) is 5.69 Å². The summed E-state index contributed by atoms with van der Waals surface area (Å²) in [6.45, 7) is 13.1. The number of non-ortho nitro benzene ring substituents is 1. The number of hydrogen-bond acceptors (Lipinski definition) is 5. The van der Waals surface area contributed by atoms with Crippen molar-refractivity contribution in [1.82, 2.24) is 10.2 Å². The van der Waals surface area contributed by atoms with Gasteiger partial charge in [-0.25, -0.2) is 0 Å². The first-order chi connectivity index (χ1) is 12.9. The van der Waals surface area contributed by atoms with Gasteiger partial charge in [0.1, 0.15) is 0 Å². The van der Waals surface area contributed by atoms with Gasteiger partial charge in [0, 0.05) is 23.3 Å². The maximum Gasteiger partial charge on any atom is 0.269 e. The molecule has 146 valence electrons. The molecule has 28 heavy (non-hydrogen) atoms. The first-order valence-electron chi connectivity index (χ1n) is 9.20. The van der Waals surface area contributed by atoms with Gasteiger partial charge >= 0.3 is 0 Å². The van der Waals surface area contributed by atoms with E-state index in [1.807, 2.05) is 0 Å². The van der Waals surface area contributed by atoms with Gasteiger partial charge in [-0.1, -0.05) is 47.6 Å². The van der Waals surface area contributed by atoms with Gasteiger partial charge in [-0.05, 0) is 46.2 Å². The lowest BCUT2D eigenvalue weighted by atomic mass is 9.79. The molecular weight excluding hydrogens is 354 g/mol. The highest BCUT2D eigenvalue weighted by Crippen LogP contribution is 2.34. The summed E-state index contributed by atoms with van der Waals surface area (Å²) in [5.74, 6) is 0.772. The van der Waals surface area contributed by atoms with Gasteiger partial charge in [0.05, 0.1) is 4.92 Å². The van der Waals surface area contributed by atoms with E-state index in [0.717, 1.165) is 5.56 Å². The molecule has 0 aliphatic carbocycles. The van der Waals surface area contributed by atoms with Crippen LogP contribution < -0.4 is 0 Å². The maximum atomic E-state index is 10.8. The van der Waals surface area contributed by atoms with Gasteiger partial charge in [-0.15, -0.1) is 10.2 Å². The SMILES string of the molecule is CC(C)(C)c1cc(-c2nnc(-c3ccc([N+](=O)[O-])cc3)o2)cc(C(C)(C)C)c1. The summed E-state index contributed by atoms with van der Waals surface area (Å²) in [5, 5.41) is 19.2. The highest BCUT2D eigenvalue weighted by atomic mass is 16.6. The van der Waals surface area contributed by atoms with Crippen molar-refractivity contribution in [2.24, 2.45) is 0 Å². The summed E-state index contributed by atoms with van der Waals surface area (Å²) >= 11 is 0. The predicted octanol–water partition coefficient (Wildman–Crippen LogP) is 5.91. The Morgan fingerprint density at radius 3 is 1.68 bits per heavy atom. The highest BCUT2D eigenvalue weighted by molar-refractivity contribution is 5.61. The van der Waals surface area contributed by atoms with Gasteiger partial charge in [0.25, 0.3) is 5.69 Å². The van der Waals surface area contributed by atoms with Crippen molar-refractivity contribution in [3.05, 3.63) is 63.7 Å². The van der Waals surface area contributed by atoms with E-state index in [1.165, 1.54) is 23.3 Å². The van der Waals surface area contributed by atoms with E-state index in [4.69, 9.17) is 4.42 Å². The number of rotatable bonds is 3. The topological polar surface area (TPSA) is 82.1 Å². The third kappa shape index (κ3) is 4.11. The van der Waals surface area contributed by atoms with E-state index in [0.29, 0.717) is 17.3 Å².